The van der Waals surface area contributed by atoms with Gasteiger partial charge in [-0.1, -0.05) is 26.7 Å². The van der Waals surface area contributed by atoms with Gasteiger partial charge < -0.3 is 0 Å². The molecule has 0 aliphatic heterocycles. The topological polar surface area (TPSA) is 61.8 Å². The lowest BCUT2D eigenvalue weighted by Gasteiger charge is -2.14. The Labute approximate surface area is 97.1 Å². The van der Waals surface area contributed by atoms with Crippen molar-refractivity contribution in [1.29, 1.82) is 0 Å². The molecular weight excluding hydrogens is 231 g/mol. The number of ketones is 1. The van der Waals surface area contributed by atoms with Gasteiger partial charge in [-0.3, -0.25) is 18.4 Å². The molecular formula is C10H21O5P. The van der Waals surface area contributed by atoms with Gasteiger partial charge in [-0.05, 0) is 6.42 Å². The first-order valence-electron chi connectivity index (χ1n) is 5.37. The van der Waals surface area contributed by atoms with Gasteiger partial charge in [-0.15, -0.1) is 0 Å². The van der Waals surface area contributed by atoms with Gasteiger partial charge in [0, 0.05) is 20.1 Å². The van der Waals surface area contributed by atoms with Crippen molar-refractivity contribution in [3.05, 3.63) is 0 Å². The molecule has 5 nitrogen and oxygen atoms in total. The van der Waals surface area contributed by atoms with Gasteiger partial charge in [0.15, 0.2) is 5.78 Å². The lowest BCUT2D eigenvalue weighted by atomic mass is 10.0. The minimum Gasteiger partial charge on any atom is -0.297 e. The van der Waals surface area contributed by atoms with E-state index in [2.05, 4.69) is 16.0 Å². The monoisotopic (exact) mass is 252 g/mol. The number of hydrogen-bond acceptors (Lipinski definition) is 5. The van der Waals surface area contributed by atoms with E-state index in [4.69, 9.17) is 4.52 Å². The predicted molar refractivity (Wildman–Crippen MR) is 61.3 cm³/mol. The van der Waals surface area contributed by atoms with E-state index in [0.29, 0.717) is 0 Å². The highest BCUT2D eigenvalue weighted by Gasteiger charge is 2.25. The van der Waals surface area contributed by atoms with Crippen LogP contribution in [0.1, 0.15) is 33.1 Å². The van der Waals surface area contributed by atoms with Gasteiger partial charge in [0.05, 0.1) is 0 Å². The first kappa shape index (κ1) is 15.8. The number of unbranched alkanes of at least 4 members (excludes halogenated alkanes) is 1. The molecule has 0 heterocycles. The molecule has 0 rings (SSSR count). The Kier molecular flexibility index (Phi) is 7.85. The summed E-state index contributed by atoms with van der Waals surface area (Å²) >= 11 is 0. The number of phosphoric acid groups is 1. The maximum Gasteiger partial charge on any atom is 0.474 e. The summed E-state index contributed by atoms with van der Waals surface area (Å²) < 4.78 is 25.4. The maximum absolute atomic E-state index is 11.6. The van der Waals surface area contributed by atoms with Crippen LogP contribution >= 0.6 is 7.82 Å². The van der Waals surface area contributed by atoms with Crippen LogP contribution in [0.15, 0.2) is 0 Å². The van der Waals surface area contributed by atoms with Crippen molar-refractivity contribution in [2.75, 3.05) is 20.8 Å². The molecule has 0 amide bonds. The summed E-state index contributed by atoms with van der Waals surface area (Å²) in [5.41, 5.74) is 0. The Bertz CT molecular complexity index is 246. The molecule has 0 aliphatic rings. The van der Waals surface area contributed by atoms with Crippen LogP contribution in [-0.4, -0.2) is 26.6 Å². The molecule has 1 atom stereocenters. The SMILES string of the molecule is CCCCC(C)C(=O)COP(=O)(OC)OC. The summed E-state index contributed by atoms with van der Waals surface area (Å²) in [5.74, 6) is -0.162. The van der Waals surface area contributed by atoms with Crippen LogP contribution in [0.25, 0.3) is 0 Å². The molecule has 0 bridgehead atoms. The maximum atomic E-state index is 11.6. The van der Waals surface area contributed by atoms with E-state index in [1.54, 1.807) is 0 Å². The van der Waals surface area contributed by atoms with Gasteiger partial charge in [0.2, 0.25) is 0 Å². The number of carbonyl (C=O) groups is 1. The van der Waals surface area contributed by atoms with E-state index in [9.17, 15) is 9.36 Å². The normalized spacial score (nSPS) is 13.8. The standard InChI is InChI=1S/C10H21O5P/c1-5-6-7-9(2)10(11)8-15-16(12,13-3)14-4/h9H,5-8H2,1-4H3. The van der Waals surface area contributed by atoms with Crippen LogP contribution in [0.4, 0.5) is 0 Å². The number of phosphoric ester groups is 1. The second-order valence-corrected chi connectivity index (χ2v) is 5.48. The van der Waals surface area contributed by atoms with E-state index >= 15 is 0 Å². The minimum atomic E-state index is -3.52. The fourth-order valence-electron chi connectivity index (χ4n) is 1.14. The van der Waals surface area contributed by atoms with Crippen LogP contribution in [0.3, 0.4) is 0 Å². The summed E-state index contributed by atoms with van der Waals surface area (Å²) in [6.45, 7) is 3.67. The number of rotatable bonds is 9. The van der Waals surface area contributed by atoms with Crippen LogP contribution in [0.2, 0.25) is 0 Å². The predicted octanol–water partition coefficient (Wildman–Crippen LogP) is 2.80. The quantitative estimate of drug-likeness (QED) is 0.590. The fourth-order valence-corrected chi connectivity index (χ4v) is 1.78. The lowest BCUT2D eigenvalue weighted by Crippen LogP contribution is -2.17. The average Bonchev–Trinajstić information content (AvgIpc) is 2.32. The molecule has 0 N–H and O–H groups in total. The summed E-state index contributed by atoms with van der Waals surface area (Å²) in [6, 6.07) is 0. The second kappa shape index (κ2) is 7.96. The molecule has 0 fully saturated rings. The highest BCUT2D eigenvalue weighted by atomic mass is 31.2. The molecule has 96 valence electrons. The molecule has 0 aromatic rings. The lowest BCUT2D eigenvalue weighted by molar-refractivity contribution is -0.125. The van der Waals surface area contributed by atoms with Gasteiger partial charge >= 0.3 is 7.82 Å². The third-order valence-corrected chi connectivity index (χ3v) is 3.69. The smallest absolute Gasteiger partial charge is 0.297 e. The first-order valence-corrected chi connectivity index (χ1v) is 6.84. The van der Waals surface area contributed by atoms with Crippen LogP contribution in [-0.2, 0) is 22.9 Å². The van der Waals surface area contributed by atoms with Crippen LogP contribution < -0.4 is 0 Å². The molecule has 6 heteroatoms. The molecule has 0 aliphatic carbocycles. The summed E-state index contributed by atoms with van der Waals surface area (Å²) in [6.07, 6.45) is 2.87. The molecule has 0 aromatic carbocycles. The van der Waals surface area contributed by atoms with E-state index in [-0.39, 0.29) is 18.3 Å². The van der Waals surface area contributed by atoms with E-state index in [0.717, 1.165) is 19.3 Å². The van der Waals surface area contributed by atoms with Crippen molar-refractivity contribution in [3.8, 4) is 0 Å². The van der Waals surface area contributed by atoms with Gasteiger partial charge in [-0.2, -0.15) is 0 Å². The Morgan fingerprint density at radius 3 is 2.31 bits per heavy atom. The zero-order valence-corrected chi connectivity index (χ0v) is 11.3. The molecule has 0 saturated heterocycles. The summed E-state index contributed by atoms with van der Waals surface area (Å²) in [5, 5.41) is 0. The van der Waals surface area contributed by atoms with Gasteiger partial charge in [0.1, 0.15) is 6.61 Å². The summed E-state index contributed by atoms with van der Waals surface area (Å²) in [7, 11) is -1.09. The van der Waals surface area contributed by atoms with Crippen molar-refractivity contribution in [2.24, 2.45) is 5.92 Å². The van der Waals surface area contributed by atoms with E-state index in [1.165, 1.54) is 14.2 Å². The molecule has 0 spiro atoms. The van der Waals surface area contributed by atoms with Crippen molar-refractivity contribution >= 4 is 13.6 Å². The first-order chi connectivity index (χ1) is 7.49. The second-order valence-electron chi connectivity index (χ2n) is 3.60. The molecule has 0 radical (unpaired) electrons. The molecule has 16 heavy (non-hydrogen) atoms. The van der Waals surface area contributed by atoms with Crippen molar-refractivity contribution in [2.45, 2.75) is 33.1 Å². The zero-order chi connectivity index (χ0) is 12.6. The highest BCUT2D eigenvalue weighted by Crippen LogP contribution is 2.47. The third-order valence-electron chi connectivity index (χ3n) is 2.35. The Hall–Kier alpha value is -0.220. The minimum absolute atomic E-state index is 0.0808. The number of hydrogen-bond donors (Lipinski definition) is 0. The van der Waals surface area contributed by atoms with Crippen LogP contribution in [0, 0.1) is 5.92 Å². The van der Waals surface area contributed by atoms with E-state index in [1.807, 2.05) is 6.92 Å². The van der Waals surface area contributed by atoms with Crippen molar-refractivity contribution < 1.29 is 22.9 Å². The Morgan fingerprint density at radius 1 is 1.31 bits per heavy atom. The molecule has 0 aromatic heterocycles. The Morgan fingerprint density at radius 2 is 1.88 bits per heavy atom. The number of carbonyl (C=O) groups excluding carboxylic acids is 1. The van der Waals surface area contributed by atoms with Crippen molar-refractivity contribution in [1.82, 2.24) is 0 Å². The fraction of sp³-hybridized carbons (Fsp3) is 0.900. The largest absolute Gasteiger partial charge is 0.474 e. The Balaban J connectivity index is 4.01. The van der Waals surface area contributed by atoms with Crippen LogP contribution in [0.5, 0.6) is 0 Å². The average molecular weight is 252 g/mol. The van der Waals surface area contributed by atoms with E-state index < -0.39 is 7.82 Å². The molecule has 0 saturated carbocycles. The van der Waals surface area contributed by atoms with Gasteiger partial charge in [-0.25, -0.2) is 4.57 Å². The molecule has 1 unspecified atom stereocenters. The highest BCUT2D eigenvalue weighted by molar-refractivity contribution is 7.48. The summed E-state index contributed by atoms with van der Waals surface area (Å²) in [4.78, 5) is 11.6. The van der Waals surface area contributed by atoms with Crippen molar-refractivity contribution in [3.63, 3.8) is 0 Å². The van der Waals surface area contributed by atoms with Gasteiger partial charge in [0.25, 0.3) is 0 Å². The zero-order valence-electron chi connectivity index (χ0n) is 10.4. The number of Topliss-reactive ketones (excluding diaryl/α,β-unsaturated/α-hetero) is 1. The third kappa shape index (κ3) is 5.75.